The first-order valence-corrected chi connectivity index (χ1v) is 14.2. The molecule has 0 aromatic rings. The average Bonchev–Trinajstić information content (AvgIpc) is 3.20. The summed E-state index contributed by atoms with van der Waals surface area (Å²) in [5.41, 5.74) is -1.62. The number of ether oxygens (including phenoxy) is 10. The number of carbonyl (C=O) groups is 7. The lowest BCUT2D eigenvalue weighted by Gasteiger charge is -2.47. The van der Waals surface area contributed by atoms with E-state index in [1.165, 1.54) is 6.92 Å². The Morgan fingerprint density at radius 1 is 0.761 bits per heavy atom. The summed E-state index contributed by atoms with van der Waals surface area (Å²) in [6.45, 7) is 7.59. The van der Waals surface area contributed by atoms with Crippen molar-refractivity contribution in [1.82, 2.24) is 0 Å². The molecule has 1 saturated heterocycles. The minimum absolute atomic E-state index is 0.0171. The van der Waals surface area contributed by atoms with Gasteiger partial charge in [-0.15, -0.1) is 0 Å². The third kappa shape index (κ3) is 8.31. The van der Waals surface area contributed by atoms with E-state index < -0.39 is 109 Å². The first kappa shape index (κ1) is 36.2. The normalized spacial score (nSPS) is 33.1. The van der Waals surface area contributed by atoms with Gasteiger partial charge in [0.15, 0.2) is 23.9 Å². The Balaban J connectivity index is 2.13. The third-order valence-corrected chi connectivity index (χ3v) is 7.53. The van der Waals surface area contributed by atoms with Gasteiger partial charge in [-0.25, -0.2) is 4.79 Å². The van der Waals surface area contributed by atoms with E-state index in [2.05, 4.69) is 0 Å². The van der Waals surface area contributed by atoms with E-state index in [9.17, 15) is 33.6 Å². The zero-order valence-corrected chi connectivity index (χ0v) is 26.6. The van der Waals surface area contributed by atoms with Crippen LogP contribution in [0.3, 0.4) is 0 Å². The van der Waals surface area contributed by atoms with Crippen LogP contribution in [-0.4, -0.2) is 104 Å². The van der Waals surface area contributed by atoms with E-state index in [-0.39, 0.29) is 12.0 Å². The molecule has 0 aromatic heterocycles. The molecule has 3 aliphatic rings. The molecule has 17 nitrogen and oxygen atoms in total. The average molecular weight is 659 g/mol. The maximum absolute atomic E-state index is 12.7. The fourth-order valence-electron chi connectivity index (χ4n) is 5.99. The fourth-order valence-corrected chi connectivity index (χ4v) is 5.99. The largest absolute Gasteiger partial charge is 0.471 e. The summed E-state index contributed by atoms with van der Waals surface area (Å²) in [5.74, 6) is -7.37. The number of carbonyl (C=O) groups excluding carboxylic acids is 7. The molecule has 2 fully saturated rings. The van der Waals surface area contributed by atoms with Crippen LogP contribution in [0.5, 0.6) is 0 Å². The highest BCUT2D eigenvalue weighted by Gasteiger charge is 2.64. The van der Waals surface area contributed by atoms with Gasteiger partial charge >= 0.3 is 41.8 Å². The molecule has 3 rings (SSSR count). The first-order valence-electron chi connectivity index (χ1n) is 14.2. The number of methoxy groups -OCH3 is 1. The summed E-state index contributed by atoms with van der Waals surface area (Å²) < 4.78 is 55.6. The minimum Gasteiger partial charge on any atom is -0.471 e. The van der Waals surface area contributed by atoms with Gasteiger partial charge in [-0.05, 0) is 13.3 Å². The van der Waals surface area contributed by atoms with Crippen molar-refractivity contribution in [2.24, 2.45) is 11.8 Å². The third-order valence-electron chi connectivity index (χ3n) is 7.53. The highest BCUT2D eigenvalue weighted by atomic mass is 16.8. The van der Waals surface area contributed by atoms with Crippen molar-refractivity contribution in [3.8, 4) is 0 Å². The highest BCUT2D eigenvalue weighted by molar-refractivity contribution is 5.89. The summed E-state index contributed by atoms with van der Waals surface area (Å²) in [4.78, 5) is 85.3. The molecule has 0 bridgehead atoms. The second-order valence-corrected chi connectivity index (χ2v) is 11.0. The number of hydrogen-bond acceptors (Lipinski definition) is 17. The van der Waals surface area contributed by atoms with Crippen molar-refractivity contribution in [3.63, 3.8) is 0 Å². The predicted octanol–water partition coefficient (Wildman–Crippen LogP) is 0.389. The Morgan fingerprint density at radius 3 is 1.85 bits per heavy atom. The first-order chi connectivity index (χ1) is 21.5. The maximum Gasteiger partial charge on any atom is 0.337 e. The van der Waals surface area contributed by atoms with Crippen LogP contribution in [0.25, 0.3) is 0 Å². The van der Waals surface area contributed by atoms with Crippen LogP contribution >= 0.6 is 0 Å². The molecule has 0 radical (unpaired) electrons. The molecule has 0 spiro atoms. The number of rotatable bonds is 10. The highest BCUT2D eigenvalue weighted by Crippen LogP contribution is 2.53. The summed E-state index contributed by atoms with van der Waals surface area (Å²) >= 11 is 0. The SMILES string of the molecule is COC(=O)C1=CO[C@@H](O[C@@H]2O[C@H](COC(C)=O)[C@@H](OC(C)=O)[C@H](OC(C)=O)[C@H]2OC(C)=O)[C@H]2[C@@H]1C[C@H](OC(C)=O)[C@]2(C)OC(C)=O. The molecule has 1 saturated carbocycles. The molecule has 256 valence electrons. The van der Waals surface area contributed by atoms with Crippen LogP contribution in [-0.2, 0) is 80.9 Å². The Labute approximate surface area is 264 Å². The molecule has 17 heteroatoms. The van der Waals surface area contributed by atoms with Gasteiger partial charge in [0.25, 0.3) is 0 Å². The molecule has 10 atom stereocenters. The second kappa shape index (κ2) is 14.9. The van der Waals surface area contributed by atoms with E-state index in [0.717, 1.165) is 54.9 Å². The number of fused-ring (bicyclic) bond motifs is 1. The monoisotopic (exact) mass is 658 g/mol. The maximum atomic E-state index is 12.7. The van der Waals surface area contributed by atoms with Gasteiger partial charge in [0.1, 0.15) is 18.8 Å². The van der Waals surface area contributed by atoms with E-state index in [0.29, 0.717) is 0 Å². The van der Waals surface area contributed by atoms with Crippen molar-refractivity contribution in [1.29, 1.82) is 0 Å². The van der Waals surface area contributed by atoms with Crippen molar-refractivity contribution in [2.45, 2.75) is 104 Å². The van der Waals surface area contributed by atoms with Crippen LogP contribution in [0.15, 0.2) is 11.8 Å². The topological polar surface area (TPSA) is 212 Å². The molecular formula is C29H38O17. The van der Waals surface area contributed by atoms with E-state index in [4.69, 9.17) is 47.4 Å². The lowest BCUT2D eigenvalue weighted by molar-refractivity contribution is -0.349. The molecule has 46 heavy (non-hydrogen) atoms. The van der Waals surface area contributed by atoms with Crippen LogP contribution in [0, 0.1) is 11.8 Å². The molecule has 1 aliphatic carbocycles. The van der Waals surface area contributed by atoms with Gasteiger partial charge in [-0.3, -0.25) is 28.8 Å². The Bertz CT molecular complexity index is 1260. The Kier molecular flexibility index (Phi) is 11.7. The van der Waals surface area contributed by atoms with Crippen LogP contribution in [0.1, 0.15) is 54.9 Å². The van der Waals surface area contributed by atoms with E-state index in [1.54, 1.807) is 0 Å². The predicted molar refractivity (Wildman–Crippen MR) is 145 cm³/mol. The van der Waals surface area contributed by atoms with Crippen LogP contribution in [0.2, 0.25) is 0 Å². The van der Waals surface area contributed by atoms with Crippen molar-refractivity contribution >= 4 is 41.8 Å². The summed E-state index contributed by atoms with van der Waals surface area (Å²) in [7, 11) is 1.15. The lowest BCUT2D eigenvalue weighted by atomic mass is 9.80. The summed E-state index contributed by atoms with van der Waals surface area (Å²) in [6.07, 6.45) is -9.07. The molecule has 2 heterocycles. The standard InChI is InChI=1S/C29H38O17/c1-12(30)38-11-20-23(41-14(3)32)24(42-15(4)33)25(43-16(5)34)28(44-20)45-27-22-18(19(10-39-27)26(36)37-8)9-21(40-13(2)31)29(22,7)46-17(6)35/h10,18,20-25,27-28H,9,11H2,1-8H3/t18-,20-,21+,22-,23-,24+,25-,27+,28+,29+/m1/s1. The fraction of sp³-hybridized carbons (Fsp3) is 0.690. The smallest absolute Gasteiger partial charge is 0.337 e. The minimum atomic E-state index is -1.67. The molecule has 2 aliphatic heterocycles. The quantitative estimate of drug-likeness (QED) is 0.229. The van der Waals surface area contributed by atoms with Crippen LogP contribution in [0.4, 0.5) is 0 Å². The van der Waals surface area contributed by atoms with Crippen molar-refractivity contribution < 1.29 is 80.9 Å². The van der Waals surface area contributed by atoms with Crippen LogP contribution < -0.4 is 0 Å². The van der Waals surface area contributed by atoms with E-state index >= 15 is 0 Å². The summed E-state index contributed by atoms with van der Waals surface area (Å²) in [5, 5.41) is 0. The van der Waals surface area contributed by atoms with Crippen molar-refractivity contribution in [3.05, 3.63) is 11.8 Å². The summed E-state index contributed by atoms with van der Waals surface area (Å²) in [6, 6.07) is 0. The van der Waals surface area contributed by atoms with Gasteiger partial charge in [0.2, 0.25) is 12.6 Å². The number of esters is 7. The molecular weight excluding hydrogens is 620 g/mol. The van der Waals surface area contributed by atoms with E-state index in [1.807, 2.05) is 0 Å². The Morgan fingerprint density at radius 2 is 1.33 bits per heavy atom. The van der Waals surface area contributed by atoms with Gasteiger partial charge in [0.05, 0.1) is 24.9 Å². The lowest BCUT2D eigenvalue weighted by Crippen LogP contribution is -2.64. The Hall–Kier alpha value is -4.25. The molecule has 0 N–H and O–H groups in total. The molecule has 0 unspecified atom stereocenters. The zero-order chi connectivity index (χ0) is 34.5. The second-order valence-electron chi connectivity index (χ2n) is 11.0. The zero-order valence-electron chi connectivity index (χ0n) is 26.6. The van der Waals surface area contributed by atoms with Gasteiger partial charge in [-0.2, -0.15) is 0 Å². The number of hydrogen-bond donors (Lipinski definition) is 0. The molecule has 0 amide bonds. The van der Waals surface area contributed by atoms with Gasteiger partial charge < -0.3 is 47.4 Å². The molecule has 0 aromatic carbocycles. The van der Waals surface area contributed by atoms with Gasteiger partial charge in [-0.1, -0.05) is 0 Å². The van der Waals surface area contributed by atoms with Crippen molar-refractivity contribution in [2.75, 3.05) is 13.7 Å². The van der Waals surface area contributed by atoms with Gasteiger partial charge in [0, 0.05) is 47.5 Å².